The van der Waals surface area contributed by atoms with Crippen LogP contribution in [0.2, 0.25) is 0 Å². The molecule has 0 saturated carbocycles. The maximum atomic E-state index is 11.4. The van der Waals surface area contributed by atoms with E-state index in [0.29, 0.717) is 5.75 Å². The van der Waals surface area contributed by atoms with Gasteiger partial charge >= 0.3 is 6.09 Å². The predicted octanol–water partition coefficient (Wildman–Crippen LogP) is 1.77. The van der Waals surface area contributed by atoms with E-state index >= 15 is 0 Å². The van der Waals surface area contributed by atoms with Gasteiger partial charge in [-0.25, -0.2) is 4.79 Å². The number of amides is 1. The van der Waals surface area contributed by atoms with Crippen LogP contribution in [0.5, 0.6) is 5.75 Å². The minimum absolute atomic E-state index is 0.109. The zero-order valence-corrected chi connectivity index (χ0v) is 9.78. The molecule has 16 heavy (non-hydrogen) atoms. The van der Waals surface area contributed by atoms with Gasteiger partial charge in [0.1, 0.15) is 5.75 Å². The van der Waals surface area contributed by atoms with Crippen LogP contribution in [0.3, 0.4) is 0 Å². The molecule has 1 aromatic carbocycles. The summed E-state index contributed by atoms with van der Waals surface area (Å²) in [5.74, 6) is 0.535. The molecule has 1 aromatic rings. The molecule has 0 saturated heterocycles. The largest absolute Gasteiger partial charge is 0.412 e. The summed E-state index contributed by atoms with van der Waals surface area (Å²) in [6.45, 7) is 5.45. The Kier molecular flexibility index (Phi) is 4.31. The third-order valence-corrected chi connectivity index (χ3v) is 2.17. The first-order chi connectivity index (χ1) is 7.52. The number of hydrogen-bond acceptors (Lipinski definition) is 3. The molecule has 0 aliphatic heterocycles. The average Bonchev–Trinajstić information content (AvgIpc) is 2.22. The quantitative estimate of drug-likeness (QED) is 0.821. The van der Waals surface area contributed by atoms with Crippen molar-refractivity contribution < 1.29 is 14.6 Å². The highest BCUT2D eigenvalue weighted by Gasteiger charge is 2.09. The Bertz CT molecular complexity index is 377. The van der Waals surface area contributed by atoms with E-state index < -0.39 is 6.09 Å². The van der Waals surface area contributed by atoms with E-state index in [9.17, 15) is 4.79 Å². The number of aliphatic hydroxyl groups excluding tert-OH is 1. The van der Waals surface area contributed by atoms with Crippen LogP contribution >= 0.6 is 0 Å². The zero-order valence-electron chi connectivity index (χ0n) is 9.78. The lowest BCUT2D eigenvalue weighted by molar-refractivity contribution is 0.185. The minimum atomic E-state index is -0.548. The van der Waals surface area contributed by atoms with Crippen LogP contribution in [0.4, 0.5) is 4.79 Å². The van der Waals surface area contributed by atoms with Crippen molar-refractivity contribution in [3.8, 4) is 5.75 Å². The van der Waals surface area contributed by atoms with Gasteiger partial charge in [0.15, 0.2) is 0 Å². The molecule has 0 heterocycles. The van der Waals surface area contributed by atoms with Gasteiger partial charge in [-0.3, -0.25) is 0 Å². The standard InChI is InChI=1S/C12H17NO3/c1-8-4-5-11(9(2)6-8)16-12(15)13-10(3)7-14/h4-6,10,14H,7H2,1-3H3,(H,13,15). The first-order valence-corrected chi connectivity index (χ1v) is 5.19. The second kappa shape index (κ2) is 5.51. The molecule has 1 unspecified atom stereocenters. The molecule has 4 nitrogen and oxygen atoms in total. The molecule has 0 aromatic heterocycles. The third kappa shape index (κ3) is 3.55. The summed E-state index contributed by atoms with van der Waals surface area (Å²) in [6.07, 6.45) is -0.548. The van der Waals surface area contributed by atoms with E-state index in [2.05, 4.69) is 5.32 Å². The van der Waals surface area contributed by atoms with Crippen LogP contribution < -0.4 is 10.1 Å². The van der Waals surface area contributed by atoms with Gasteiger partial charge in [0, 0.05) is 0 Å². The molecular weight excluding hydrogens is 206 g/mol. The lowest BCUT2D eigenvalue weighted by atomic mass is 10.1. The van der Waals surface area contributed by atoms with Gasteiger partial charge in [-0.05, 0) is 32.4 Å². The van der Waals surface area contributed by atoms with Gasteiger partial charge in [-0.1, -0.05) is 17.7 Å². The topological polar surface area (TPSA) is 58.6 Å². The third-order valence-electron chi connectivity index (χ3n) is 2.17. The van der Waals surface area contributed by atoms with Crippen LogP contribution in [-0.4, -0.2) is 23.8 Å². The first-order valence-electron chi connectivity index (χ1n) is 5.19. The molecule has 4 heteroatoms. The van der Waals surface area contributed by atoms with Crippen molar-refractivity contribution in [2.45, 2.75) is 26.8 Å². The predicted molar refractivity (Wildman–Crippen MR) is 61.6 cm³/mol. The maximum Gasteiger partial charge on any atom is 0.412 e. The number of hydrogen-bond donors (Lipinski definition) is 2. The molecule has 0 radical (unpaired) electrons. The Hall–Kier alpha value is -1.55. The summed E-state index contributed by atoms with van der Waals surface area (Å²) in [4.78, 5) is 11.4. The number of ether oxygens (including phenoxy) is 1. The van der Waals surface area contributed by atoms with E-state index in [-0.39, 0.29) is 12.6 Å². The SMILES string of the molecule is Cc1ccc(OC(=O)NC(C)CO)c(C)c1. The van der Waals surface area contributed by atoms with Crippen LogP contribution in [0.1, 0.15) is 18.1 Å². The molecule has 0 fully saturated rings. The molecule has 1 atom stereocenters. The molecule has 0 bridgehead atoms. The number of carbonyl (C=O) groups is 1. The monoisotopic (exact) mass is 223 g/mol. The number of aryl methyl sites for hydroxylation is 2. The fourth-order valence-electron chi connectivity index (χ4n) is 1.29. The van der Waals surface area contributed by atoms with Crippen LogP contribution in [0.15, 0.2) is 18.2 Å². The van der Waals surface area contributed by atoms with Gasteiger partial charge in [-0.2, -0.15) is 0 Å². The summed E-state index contributed by atoms with van der Waals surface area (Å²) in [7, 11) is 0. The van der Waals surface area contributed by atoms with E-state index in [4.69, 9.17) is 9.84 Å². The normalized spacial score (nSPS) is 12.0. The van der Waals surface area contributed by atoms with Crippen molar-refractivity contribution in [1.29, 1.82) is 0 Å². The van der Waals surface area contributed by atoms with Crippen molar-refractivity contribution >= 4 is 6.09 Å². The average molecular weight is 223 g/mol. The molecule has 1 rings (SSSR count). The van der Waals surface area contributed by atoms with Crippen molar-refractivity contribution in [2.24, 2.45) is 0 Å². The van der Waals surface area contributed by atoms with Gasteiger partial charge in [-0.15, -0.1) is 0 Å². The highest BCUT2D eigenvalue weighted by molar-refractivity contribution is 5.71. The molecule has 0 aliphatic carbocycles. The van der Waals surface area contributed by atoms with Crippen LogP contribution in [0, 0.1) is 13.8 Å². The van der Waals surface area contributed by atoms with Crippen molar-refractivity contribution in [2.75, 3.05) is 6.61 Å². The van der Waals surface area contributed by atoms with E-state index in [0.717, 1.165) is 11.1 Å². The summed E-state index contributed by atoms with van der Waals surface area (Å²) in [5, 5.41) is 11.3. The van der Waals surface area contributed by atoms with E-state index in [1.54, 1.807) is 13.0 Å². The Balaban J connectivity index is 2.63. The smallest absolute Gasteiger partial charge is 0.410 e. The lowest BCUT2D eigenvalue weighted by Gasteiger charge is -2.12. The molecule has 2 N–H and O–H groups in total. The highest BCUT2D eigenvalue weighted by Crippen LogP contribution is 2.18. The second-order valence-electron chi connectivity index (χ2n) is 3.89. The molecule has 0 spiro atoms. The molecule has 1 amide bonds. The molecule has 88 valence electrons. The van der Waals surface area contributed by atoms with Crippen LogP contribution in [-0.2, 0) is 0 Å². The van der Waals surface area contributed by atoms with E-state index in [1.807, 2.05) is 26.0 Å². The highest BCUT2D eigenvalue weighted by atomic mass is 16.6. The Morgan fingerprint density at radius 2 is 2.19 bits per heavy atom. The Morgan fingerprint density at radius 1 is 1.50 bits per heavy atom. The van der Waals surface area contributed by atoms with Gasteiger partial charge in [0.05, 0.1) is 12.6 Å². The van der Waals surface area contributed by atoms with Crippen molar-refractivity contribution in [3.63, 3.8) is 0 Å². The number of nitrogens with one attached hydrogen (secondary N) is 1. The summed E-state index contributed by atoms with van der Waals surface area (Å²) < 4.78 is 5.11. The first kappa shape index (κ1) is 12.5. The second-order valence-corrected chi connectivity index (χ2v) is 3.89. The van der Waals surface area contributed by atoms with Gasteiger partial charge in [0.2, 0.25) is 0 Å². The minimum Gasteiger partial charge on any atom is -0.410 e. The van der Waals surface area contributed by atoms with Gasteiger partial charge in [0.25, 0.3) is 0 Å². The number of carbonyl (C=O) groups excluding carboxylic acids is 1. The fourth-order valence-corrected chi connectivity index (χ4v) is 1.29. The Labute approximate surface area is 95.2 Å². The fraction of sp³-hybridized carbons (Fsp3) is 0.417. The molecular formula is C12H17NO3. The van der Waals surface area contributed by atoms with E-state index in [1.165, 1.54) is 0 Å². The maximum absolute atomic E-state index is 11.4. The summed E-state index contributed by atoms with van der Waals surface area (Å²) in [5.41, 5.74) is 2.03. The number of aliphatic hydroxyl groups is 1. The lowest BCUT2D eigenvalue weighted by Crippen LogP contribution is -2.37. The van der Waals surface area contributed by atoms with Crippen molar-refractivity contribution in [3.05, 3.63) is 29.3 Å². The van der Waals surface area contributed by atoms with Crippen molar-refractivity contribution in [1.82, 2.24) is 5.32 Å². The number of rotatable bonds is 3. The van der Waals surface area contributed by atoms with Gasteiger partial charge < -0.3 is 15.2 Å². The zero-order chi connectivity index (χ0) is 12.1. The van der Waals surface area contributed by atoms with Crippen LogP contribution in [0.25, 0.3) is 0 Å². The summed E-state index contributed by atoms with van der Waals surface area (Å²) >= 11 is 0. The summed E-state index contributed by atoms with van der Waals surface area (Å²) in [6, 6.07) is 5.27. The Morgan fingerprint density at radius 3 is 2.75 bits per heavy atom. The molecule has 0 aliphatic rings. The number of benzene rings is 1.